The summed E-state index contributed by atoms with van der Waals surface area (Å²) >= 11 is 0. The Morgan fingerprint density at radius 3 is 2.31 bits per heavy atom. The second-order valence-corrected chi connectivity index (χ2v) is 4.30. The molecule has 0 heterocycles. The van der Waals surface area contributed by atoms with Crippen LogP contribution in [-0.4, -0.2) is 29.7 Å². The molecule has 0 bridgehead atoms. The third kappa shape index (κ3) is 6.86. The van der Waals surface area contributed by atoms with Crippen molar-refractivity contribution in [3.8, 4) is 0 Å². The minimum atomic E-state index is -1.01. The van der Waals surface area contributed by atoms with E-state index in [0.29, 0.717) is 13.0 Å². The van der Waals surface area contributed by atoms with Crippen LogP contribution in [0.1, 0.15) is 27.2 Å². The smallest absolute Gasteiger partial charge is 0.326 e. The fourth-order valence-electron chi connectivity index (χ4n) is 1.13. The molecular formula is C11H20N2O3. The van der Waals surface area contributed by atoms with Crippen LogP contribution in [0.3, 0.4) is 0 Å². The lowest BCUT2D eigenvalue weighted by atomic mass is 10.0. The first-order valence-corrected chi connectivity index (χ1v) is 5.24. The summed E-state index contributed by atoms with van der Waals surface area (Å²) in [5.41, 5.74) is 0.811. The summed E-state index contributed by atoms with van der Waals surface area (Å²) in [6, 6.07) is -1.32. The fourth-order valence-corrected chi connectivity index (χ4v) is 1.13. The monoisotopic (exact) mass is 228 g/mol. The molecule has 0 fully saturated rings. The van der Waals surface area contributed by atoms with Gasteiger partial charge in [0.1, 0.15) is 6.04 Å². The van der Waals surface area contributed by atoms with E-state index in [4.69, 9.17) is 5.11 Å². The molecule has 0 spiro atoms. The second-order valence-electron chi connectivity index (χ2n) is 4.30. The van der Waals surface area contributed by atoms with Crippen LogP contribution in [0.5, 0.6) is 0 Å². The molecule has 0 saturated carbocycles. The van der Waals surface area contributed by atoms with Gasteiger partial charge in [-0.1, -0.05) is 26.0 Å². The highest BCUT2D eigenvalue weighted by Crippen LogP contribution is 2.04. The lowest BCUT2D eigenvalue weighted by molar-refractivity contribution is -0.139. The van der Waals surface area contributed by atoms with Gasteiger partial charge < -0.3 is 15.7 Å². The van der Waals surface area contributed by atoms with Crippen molar-refractivity contribution in [2.75, 3.05) is 6.54 Å². The van der Waals surface area contributed by atoms with Crippen LogP contribution in [0, 0.1) is 5.92 Å². The molecule has 0 rings (SSSR count). The molecule has 2 amide bonds. The molecule has 0 aromatic heterocycles. The van der Waals surface area contributed by atoms with Crippen molar-refractivity contribution < 1.29 is 14.7 Å². The summed E-state index contributed by atoms with van der Waals surface area (Å²) in [7, 11) is 0. The van der Waals surface area contributed by atoms with E-state index in [1.54, 1.807) is 6.92 Å². The maximum absolute atomic E-state index is 11.3. The molecule has 0 radical (unpaired) electrons. The Balaban J connectivity index is 4.13. The van der Waals surface area contributed by atoms with Crippen molar-refractivity contribution >= 4 is 12.0 Å². The number of hydrogen-bond donors (Lipinski definition) is 3. The fraction of sp³-hybridized carbons (Fsp3) is 0.636. The molecule has 5 nitrogen and oxygen atoms in total. The zero-order valence-corrected chi connectivity index (χ0v) is 10.0. The number of nitrogens with one attached hydrogen (secondary N) is 2. The Morgan fingerprint density at radius 2 is 1.94 bits per heavy atom. The highest BCUT2D eigenvalue weighted by Gasteiger charge is 2.20. The van der Waals surface area contributed by atoms with E-state index < -0.39 is 18.0 Å². The van der Waals surface area contributed by atoms with Crippen LogP contribution in [0.25, 0.3) is 0 Å². The predicted molar refractivity (Wildman–Crippen MR) is 62.2 cm³/mol. The summed E-state index contributed by atoms with van der Waals surface area (Å²) in [4.78, 5) is 22.2. The first kappa shape index (κ1) is 14.5. The average molecular weight is 228 g/mol. The Morgan fingerprint density at radius 1 is 1.38 bits per heavy atom. The minimum Gasteiger partial charge on any atom is -0.480 e. The number of carboxylic acids is 1. The van der Waals surface area contributed by atoms with E-state index in [0.717, 1.165) is 5.57 Å². The summed E-state index contributed by atoms with van der Waals surface area (Å²) in [6.07, 6.45) is 0.413. The van der Waals surface area contributed by atoms with Crippen LogP contribution in [0.4, 0.5) is 4.79 Å². The lowest BCUT2D eigenvalue weighted by Crippen LogP contribution is -2.46. The van der Waals surface area contributed by atoms with Crippen LogP contribution in [-0.2, 0) is 4.79 Å². The normalized spacial score (nSPS) is 12.0. The van der Waals surface area contributed by atoms with E-state index in [2.05, 4.69) is 17.2 Å². The van der Waals surface area contributed by atoms with Gasteiger partial charge in [0.25, 0.3) is 0 Å². The Bertz CT molecular complexity index is 274. The van der Waals surface area contributed by atoms with Crippen LogP contribution in [0.15, 0.2) is 12.2 Å². The van der Waals surface area contributed by atoms with Gasteiger partial charge in [-0.15, -0.1) is 0 Å². The molecule has 0 saturated heterocycles. The van der Waals surface area contributed by atoms with Crippen LogP contribution >= 0.6 is 0 Å². The van der Waals surface area contributed by atoms with Gasteiger partial charge in [0, 0.05) is 6.54 Å². The average Bonchev–Trinajstić information content (AvgIpc) is 2.12. The van der Waals surface area contributed by atoms with Gasteiger partial charge in [0.2, 0.25) is 0 Å². The van der Waals surface area contributed by atoms with Crippen LogP contribution in [0.2, 0.25) is 0 Å². The number of carbonyl (C=O) groups is 2. The van der Waals surface area contributed by atoms with Crippen molar-refractivity contribution in [2.24, 2.45) is 5.92 Å². The van der Waals surface area contributed by atoms with Gasteiger partial charge in [-0.2, -0.15) is 0 Å². The van der Waals surface area contributed by atoms with E-state index in [1.807, 2.05) is 13.8 Å². The van der Waals surface area contributed by atoms with Crippen molar-refractivity contribution in [3.63, 3.8) is 0 Å². The molecule has 0 aromatic carbocycles. The third-order valence-corrected chi connectivity index (χ3v) is 1.86. The van der Waals surface area contributed by atoms with Gasteiger partial charge in [-0.25, -0.2) is 9.59 Å². The predicted octanol–water partition coefficient (Wildman–Crippen LogP) is 1.36. The standard InChI is InChI=1S/C11H20N2O3/c1-7(2)5-9(10(14)15)13-11(16)12-6-8(3)4/h7,9H,3,5-6H2,1-2,4H3,(H,14,15)(H2,12,13,16)/t9-/m1/s1. The molecular weight excluding hydrogens is 208 g/mol. The number of carboxylic acid groups (broad SMARTS) is 1. The zero-order valence-electron chi connectivity index (χ0n) is 10.0. The Hall–Kier alpha value is -1.52. The molecule has 3 N–H and O–H groups in total. The minimum absolute atomic E-state index is 0.211. The maximum atomic E-state index is 11.3. The van der Waals surface area contributed by atoms with E-state index in [9.17, 15) is 9.59 Å². The number of amides is 2. The Kier molecular flexibility index (Phi) is 6.22. The molecule has 1 atom stereocenters. The van der Waals surface area contributed by atoms with Crippen molar-refractivity contribution in [2.45, 2.75) is 33.2 Å². The quantitative estimate of drug-likeness (QED) is 0.601. The van der Waals surface area contributed by atoms with Crippen molar-refractivity contribution in [1.82, 2.24) is 10.6 Å². The summed E-state index contributed by atoms with van der Waals surface area (Å²) in [5, 5.41) is 13.8. The zero-order chi connectivity index (χ0) is 12.7. The summed E-state index contributed by atoms with van der Waals surface area (Å²) in [6.45, 7) is 9.57. The number of carbonyl (C=O) groups excluding carboxylic acids is 1. The van der Waals surface area contributed by atoms with E-state index in [1.165, 1.54) is 0 Å². The molecule has 0 aromatic rings. The first-order valence-electron chi connectivity index (χ1n) is 5.24. The van der Waals surface area contributed by atoms with Gasteiger partial charge in [0.05, 0.1) is 0 Å². The SMILES string of the molecule is C=C(C)CNC(=O)N[C@H](CC(C)C)C(=O)O. The Labute approximate surface area is 95.9 Å². The molecule has 5 heteroatoms. The summed E-state index contributed by atoms with van der Waals surface area (Å²) < 4.78 is 0. The second kappa shape index (κ2) is 6.87. The van der Waals surface area contributed by atoms with Gasteiger partial charge in [0.15, 0.2) is 0 Å². The molecule has 92 valence electrons. The summed E-state index contributed by atoms with van der Waals surface area (Å²) in [5.74, 6) is -0.804. The molecule has 0 aliphatic carbocycles. The van der Waals surface area contributed by atoms with E-state index >= 15 is 0 Å². The van der Waals surface area contributed by atoms with Crippen LogP contribution < -0.4 is 10.6 Å². The molecule has 0 unspecified atom stereocenters. The number of rotatable bonds is 6. The largest absolute Gasteiger partial charge is 0.480 e. The molecule has 0 aliphatic rings. The number of urea groups is 1. The number of aliphatic carboxylic acids is 1. The van der Waals surface area contributed by atoms with Gasteiger partial charge in [-0.3, -0.25) is 0 Å². The van der Waals surface area contributed by atoms with Gasteiger partial charge in [-0.05, 0) is 19.3 Å². The molecule has 16 heavy (non-hydrogen) atoms. The van der Waals surface area contributed by atoms with Crippen molar-refractivity contribution in [1.29, 1.82) is 0 Å². The van der Waals surface area contributed by atoms with Gasteiger partial charge >= 0.3 is 12.0 Å². The topological polar surface area (TPSA) is 78.4 Å². The highest BCUT2D eigenvalue weighted by atomic mass is 16.4. The lowest BCUT2D eigenvalue weighted by Gasteiger charge is -2.16. The first-order chi connectivity index (χ1) is 7.32. The highest BCUT2D eigenvalue weighted by molar-refractivity contribution is 5.82. The molecule has 0 aliphatic heterocycles. The number of hydrogen-bond acceptors (Lipinski definition) is 2. The van der Waals surface area contributed by atoms with Crippen molar-refractivity contribution in [3.05, 3.63) is 12.2 Å². The maximum Gasteiger partial charge on any atom is 0.326 e. The van der Waals surface area contributed by atoms with E-state index in [-0.39, 0.29) is 5.92 Å². The third-order valence-electron chi connectivity index (χ3n) is 1.86.